The van der Waals surface area contributed by atoms with Gasteiger partial charge >= 0.3 is 5.97 Å². The number of carbonyl (C=O) groups excluding carboxylic acids is 1. The Balaban J connectivity index is 1.51. The molecule has 1 aromatic carbocycles. The fourth-order valence-electron chi connectivity index (χ4n) is 4.32. The van der Waals surface area contributed by atoms with Gasteiger partial charge in [0.05, 0.1) is 23.8 Å². The zero-order valence-corrected chi connectivity index (χ0v) is 20.3. The second-order valence-corrected chi connectivity index (χ2v) is 9.07. The highest BCUT2D eigenvalue weighted by molar-refractivity contribution is 6.30. The zero-order chi connectivity index (χ0) is 24.2. The topological polar surface area (TPSA) is 99.3 Å². The van der Waals surface area contributed by atoms with Crippen LogP contribution >= 0.6 is 11.6 Å². The second kappa shape index (κ2) is 10.6. The second-order valence-electron chi connectivity index (χ2n) is 8.63. The molecule has 1 fully saturated rings. The van der Waals surface area contributed by atoms with Gasteiger partial charge < -0.3 is 19.5 Å². The molecule has 0 bridgehead atoms. The van der Waals surface area contributed by atoms with Crippen LogP contribution in [0.4, 0.5) is 0 Å². The van der Waals surface area contributed by atoms with Crippen molar-refractivity contribution in [2.45, 2.75) is 71.3 Å². The van der Waals surface area contributed by atoms with E-state index in [1.54, 1.807) is 13.1 Å². The molecule has 0 radical (unpaired) electrons. The van der Waals surface area contributed by atoms with Crippen LogP contribution in [0.15, 0.2) is 35.7 Å². The number of halogens is 1. The molecule has 3 atom stereocenters. The number of nitrogens with zero attached hydrogens (tertiary/aromatic N) is 4. The Hall–Kier alpha value is -2.91. The van der Waals surface area contributed by atoms with Gasteiger partial charge in [0.25, 0.3) is 0 Å². The van der Waals surface area contributed by atoms with Crippen molar-refractivity contribution in [2.75, 3.05) is 6.54 Å². The average Bonchev–Trinajstić information content (AvgIpc) is 3.48. The normalized spacial score (nSPS) is 20.8. The summed E-state index contributed by atoms with van der Waals surface area (Å²) in [5, 5.41) is 18.1. The molecule has 4 rings (SSSR count). The minimum atomic E-state index is -0.754. The summed E-state index contributed by atoms with van der Waals surface area (Å²) >= 11 is 6.01. The van der Waals surface area contributed by atoms with E-state index in [1.165, 1.54) is 5.01 Å². The van der Waals surface area contributed by atoms with Gasteiger partial charge in [0, 0.05) is 22.3 Å². The number of ether oxygens (including phenoxy) is 2. The van der Waals surface area contributed by atoms with E-state index in [1.807, 2.05) is 38.1 Å². The van der Waals surface area contributed by atoms with Gasteiger partial charge in [-0.3, -0.25) is 4.98 Å². The van der Waals surface area contributed by atoms with Crippen LogP contribution in [0.2, 0.25) is 5.02 Å². The fourth-order valence-corrected chi connectivity index (χ4v) is 4.45. The summed E-state index contributed by atoms with van der Waals surface area (Å²) in [5.41, 5.74) is 3.15. The lowest BCUT2D eigenvalue weighted by atomic mass is 10.0. The smallest absolute Gasteiger partial charge is 0.340 e. The number of fused-ring (bicyclic) bond motifs is 1. The van der Waals surface area contributed by atoms with Crippen molar-refractivity contribution in [1.29, 1.82) is 0 Å². The highest BCUT2D eigenvalue weighted by Gasteiger charge is 2.40. The van der Waals surface area contributed by atoms with E-state index in [0.717, 1.165) is 29.5 Å². The highest BCUT2D eigenvalue weighted by atomic mass is 35.5. The molecule has 0 saturated carbocycles. The molecule has 2 aliphatic rings. The Morgan fingerprint density at radius 3 is 2.91 bits per heavy atom. The molecule has 2 aromatic rings. The number of carbonyl (C=O) groups is 1. The molecule has 1 saturated heterocycles. The van der Waals surface area contributed by atoms with Crippen molar-refractivity contribution in [1.82, 2.24) is 9.99 Å². The molecule has 0 aliphatic carbocycles. The summed E-state index contributed by atoms with van der Waals surface area (Å²) in [5.74, 6) is -0.142. The van der Waals surface area contributed by atoms with E-state index >= 15 is 0 Å². The van der Waals surface area contributed by atoms with Gasteiger partial charge in [-0.25, -0.2) is 4.79 Å². The van der Waals surface area contributed by atoms with Crippen molar-refractivity contribution in [3.05, 3.63) is 63.1 Å². The third kappa shape index (κ3) is 5.10. The van der Waals surface area contributed by atoms with E-state index in [0.29, 0.717) is 40.8 Å². The van der Waals surface area contributed by atoms with Gasteiger partial charge in [0.1, 0.15) is 12.2 Å². The maximum absolute atomic E-state index is 13.1. The zero-order valence-electron chi connectivity index (χ0n) is 19.6. The third-order valence-corrected chi connectivity index (χ3v) is 6.36. The Bertz CT molecular complexity index is 1060. The van der Waals surface area contributed by atoms with Gasteiger partial charge in [-0.15, -0.1) is 5.01 Å². The Morgan fingerprint density at radius 1 is 1.41 bits per heavy atom. The van der Waals surface area contributed by atoms with Crippen LogP contribution in [0.1, 0.15) is 68.0 Å². The van der Waals surface area contributed by atoms with Crippen molar-refractivity contribution in [3.63, 3.8) is 0 Å². The Labute approximate surface area is 203 Å². The SMILES string of the molecule is CCCC(C)ON=[N+]([O-])N1CCC[C@H]1C(=O)Oc1c(C)ncc2c1CO[C@H]2c1ccc(Cl)cc1. The molecule has 0 amide bonds. The first-order chi connectivity index (χ1) is 16.4. The average molecular weight is 489 g/mol. The molecular formula is C24H29ClN4O5. The lowest BCUT2D eigenvalue weighted by molar-refractivity contribution is -0.713. The van der Waals surface area contributed by atoms with E-state index in [-0.39, 0.29) is 18.8 Å². The molecule has 34 heavy (non-hydrogen) atoms. The Kier molecular flexibility index (Phi) is 7.53. The maximum Gasteiger partial charge on any atom is 0.340 e. The quantitative estimate of drug-likeness (QED) is 0.222. The largest absolute Gasteiger partial charge is 0.569 e. The number of aromatic nitrogens is 1. The van der Waals surface area contributed by atoms with Crippen LogP contribution in [-0.2, 0) is 21.0 Å². The maximum atomic E-state index is 13.1. The molecule has 1 unspecified atom stereocenters. The lowest BCUT2D eigenvalue weighted by Gasteiger charge is -2.20. The molecule has 2 aliphatic heterocycles. The van der Waals surface area contributed by atoms with E-state index in [4.69, 9.17) is 25.9 Å². The number of pyridine rings is 1. The molecule has 10 heteroatoms. The highest BCUT2D eigenvalue weighted by Crippen LogP contribution is 2.41. The van der Waals surface area contributed by atoms with Gasteiger partial charge in [0.15, 0.2) is 11.8 Å². The summed E-state index contributed by atoms with van der Waals surface area (Å²) in [4.78, 5) is 23.2. The standard InChI is InChI=1S/C24H29ClN4O5/c1-4-6-15(2)34-27-29(31)28-12-5-7-21(28)24(30)33-22-16(3)26-13-19-20(22)14-32-23(19)17-8-10-18(25)11-9-17/h8-11,13,15,21,23H,4-7,12,14H2,1-3H3/t15?,21-,23-/m0/s1. The number of esters is 1. The van der Waals surface area contributed by atoms with Gasteiger partial charge in [0.2, 0.25) is 5.28 Å². The van der Waals surface area contributed by atoms with Crippen molar-refractivity contribution in [3.8, 4) is 5.75 Å². The monoisotopic (exact) mass is 488 g/mol. The minimum absolute atomic E-state index is 0.177. The number of benzene rings is 1. The third-order valence-electron chi connectivity index (χ3n) is 6.11. The molecule has 182 valence electrons. The van der Waals surface area contributed by atoms with E-state index in [2.05, 4.69) is 10.3 Å². The predicted molar refractivity (Wildman–Crippen MR) is 124 cm³/mol. The van der Waals surface area contributed by atoms with Crippen LogP contribution < -0.4 is 4.74 Å². The molecule has 0 spiro atoms. The molecule has 1 aromatic heterocycles. The first-order valence-corrected chi connectivity index (χ1v) is 11.9. The predicted octanol–water partition coefficient (Wildman–Crippen LogP) is 5.03. The van der Waals surface area contributed by atoms with E-state index < -0.39 is 12.0 Å². The number of aryl methyl sites for hydroxylation is 1. The van der Waals surface area contributed by atoms with Crippen molar-refractivity contribution >= 4 is 17.6 Å². The Morgan fingerprint density at radius 2 is 2.18 bits per heavy atom. The van der Waals surface area contributed by atoms with Crippen LogP contribution in [0.5, 0.6) is 5.75 Å². The summed E-state index contributed by atoms with van der Waals surface area (Å²) in [6.07, 6.45) is 4.12. The van der Waals surface area contributed by atoms with Crippen molar-refractivity contribution in [2.24, 2.45) is 5.28 Å². The number of hydrogen-bond acceptors (Lipinski definition) is 7. The first-order valence-electron chi connectivity index (χ1n) is 11.6. The summed E-state index contributed by atoms with van der Waals surface area (Å²) in [7, 11) is 0. The fraction of sp³-hybridized carbons (Fsp3) is 0.500. The van der Waals surface area contributed by atoms with Gasteiger partial charge in [-0.1, -0.05) is 37.1 Å². The van der Waals surface area contributed by atoms with Crippen LogP contribution in [0.3, 0.4) is 0 Å². The molecule has 0 N–H and O–H groups in total. The number of rotatable bonds is 8. The first kappa shape index (κ1) is 24.2. The summed E-state index contributed by atoms with van der Waals surface area (Å²) in [6, 6.07) is 6.67. The van der Waals surface area contributed by atoms with Crippen molar-refractivity contribution < 1.29 is 24.1 Å². The number of hydrazine groups is 1. The van der Waals surface area contributed by atoms with Crippen LogP contribution in [0, 0.1) is 12.1 Å². The lowest BCUT2D eigenvalue weighted by Crippen LogP contribution is -2.42. The molecular weight excluding hydrogens is 460 g/mol. The minimum Gasteiger partial charge on any atom is -0.569 e. The summed E-state index contributed by atoms with van der Waals surface area (Å²) < 4.78 is 11.8. The molecule has 3 heterocycles. The van der Waals surface area contributed by atoms with Gasteiger partial charge in [-0.05, 0) is 50.8 Å². The van der Waals surface area contributed by atoms with E-state index in [9.17, 15) is 10.0 Å². The van der Waals surface area contributed by atoms with Gasteiger partial charge in [-0.2, -0.15) is 0 Å². The number of hydrogen-bond donors (Lipinski definition) is 0. The van der Waals surface area contributed by atoms with Crippen LogP contribution in [-0.4, -0.2) is 39.6 Å². The molecule has 9 nitrogen and oxygen atoms in total. The van der Waals surface area contributed by atoms with Crippen LogP contribution in [0.25, 0.3) is 0 Å². The summed E-state index contributed by atoms with van der Waals surface area (Å²) in [6.45, 7) is 6.34.